The van der Waals surface area contributed by atoms with Crippen molar-refractivity contribution in [3.05, 3.63) is 0 Å². The van der Waals surface area contributed by atoms with Crippen LogP contribution in [0.25, 0.3) is 0 Å². The van der Waals surface area contributed by atoms with Crippen molar-refractivity contribution >= 4 is 5.91 Å². The Morgan fingerprint density at radius 1 is 1.40 bits per heavy atom. The van der Waals surface area contributed by atoms with Crippen LogP contribution in [0.3, 0.4) is 0 Å². The van der Waals surface area contributed by atoms with Gasteiger partial charge in [0.1, 0.15) is 0 Å². The number of carbonyl (C=O) groups is 1. The molecule has 1 N–H and O–H groups in total. The fourth-order valence-electron chi connectivity index (χ4n) is 1.83. The van der Waals surface area contributed by atoms with Crippen LogP contribution in [0.5, 0.6) is 0 Å². The maximum absolute atomic E-state index is 11.3. The molecule has 1 rings (SSSR count). The van der Waals surface area contributed by atoms with Crippen LogP contribution in [0.2, 0.25) is 0 Å². The van der Waals surface area contributed by atoms with Crippen LogP contribution < -0.4 is 5.32 Å². The molecule has 0 aromatic carbocycles. The Hall–Kier alpha value is -0.570. The Balaban J connectivity index is 2.08. The number of hydrogen-bond acceptors (Lipinski definition) is 2. The number of nitrogens with zero attached hydrogens (tertiary/aromatic N) is 1. The Kier molecular flexibility index (Phi) is 5.09. The van der Waals surface area contributed by atoms with Gasteiger partial charge >= 0.3 is 0 Å². The van der Waals surface area contributed by atoms with Crippen LogP contribution in [0.1, 0.15) is 33.6 Å². The lowest BCUT2D eigenvalue weighted by atomic mass is 9.99. The van der Waals surface area contributed by atoms with Crippen LogP contribution in [-0.2, 0) is 4.79 Å². The highest BCUT2D eigenvalue weighted by molar-refractivity contribution is 5.77. The van der Waals surface area contributed by atoms with E-state index in [1.807, 2.05) is 13.8 Å². The fourth-order valence-corrected chi connectivity index (χ4v) is 1.83. The third kappa shape index (κ3) is 4.65. The van der Waals surface area contributed by atoms with E-state index in [1.54, 1.807) is 0 Å². The van der Waals surface area contributed by atoms with E-state index in [1.165, 1.54) is 25.9 Å². The van der Waals surface area contributed by atoms with E-state index in [0.29, 0.717) is 0 Å². The molecule has 1 saturated heterocycles. The molecule has 0 aromatic rings. The Bertz CT molecular complexity index is 196. The van der Waals surface area contributed by atoms with E-state index in [-0.39, 0.29) is 11.8 Å². The summed E-state index contributed by atoms with van der Waals surface area (Å²) in [4.78, 5) is 13.8. The van der Waals surface area contributed by atoms with E-state index in [4.69, 9.17) is 0 Å². The zero-order chi connectivity index (χ0) is 11.3. The highest BCUT2D eigenvalue weighted by Gasteiger charge is 2.15. The monoisotopic (exact) mass is 212 g/mol. The number of hydrogen-bond donors (Lipinski definition) is 1. The normalized spacial score (nSPS) is 19.5. The topological polar surface area (TPSA) is 32.3 Å². The van der Waals surface area contributed by atoms with Gasteiger partial charge in [-0.05, 0) is 31.8 Å². The average molecular weight is 212 g/mol. The molecule has 0 aromatic heterocycles. The van der Waals surface area contributed by atoms with Gasteiger partial charge in [-0.25, -0.2) is 0 Å². The van der Waals surface area contributed by atoms with Crippen molar-refractivity contribution in [2.45, 2.75) is 33.6 Å². The Labute approximate surface area is 93.2 Å². The zero-order valence-electron chi connectivity index (χ0n) is 10.3. The van der Waals surface area contributed by atoms with Crippen LogP contribution in [0, 0.1) is 11.8 Å². The number of nitrogens with one attached hydrogen (secondary N) is 1. The molecule has 0 unspecified atom stereocenters. The summed E-state index contributed by atoms with van der Waals surface area (Å²) in [5, 5.41) is 2.96. The summed E-state index contributed by atoms with van der Waals surface area (Å²) in [6.45, 7) is 10.4. The molecule has 3 heteroatoms. The maximum Gasteiger partial charge on any atom is 0.222 e. The summed E-state index contributed by atoms with van der Waals surface area (Å²) < 4.78 is 0. The standard InChI is InChI=1S/C12H24N2O/c1-10(2)12(15)13-6-9-14-7-4-11(3)5-8-14/h10-11H,4-9H2,1-3H3,(H,13,15). The molecular weight excluding hydrogens is 188 g/mol. The number of amides is 1. The van der Waals surface area contributed by atoms with Gasteiger partial charge in [-0.3, -0.25) is 4.79 Å². The quantitative estimate of drug-likeness (QED) is 0.766. The van der Waals surface area contributed by atoms with Crippen LogP contribution >= 0.6 is 0 Å². The number of likely N-dealkylation sites (tertiary alicyclic amines) is 1. The highest BCUT2D eigenvalue weighted by Crippen LogP contribution is 2.14. The third-order valence-electron chi connectivity index (χ3n) is 3.13. The van der Waals surface area contributed by atoms with Gasteiger partial charge in [0.25, 0.3) is 0 Å². The first-order valence-electron chi connectivity index (χ1n) is 6.09. The second-order valence-corrected chi connectivity index (χ2v) is 4.97. The minimum atomic E-state index is 0.103. The van der Waals surface area contributed by atoms with E-state index in [9.17, 15) is 4.79 Å². The predicted molar refractivity (Wildman–Crippen MR) is 62.7 cm³/mol. The molecule has 1 aliphatic heterocycles. The minimum Gasteiger partial charge on any atom is -0.355 e. The van der Waals surface area contributed by atoms with Gasteiger partial charge in [0.05, 0.1) is 0 Å². The van der Waals surface area contributed by atoms with Gasteiger partial charge < -0.3 is 10.2 Å². The lowest BCUT2D eigenvalue weighted by Crippen LogP contribution is -2.40. The lowest BCUT2D eigenvalue weighted by Gasteiger charge is -2.30. The second kappa shape index (κ2) is 6.11. The molecule has 1 heterocycles. The molecule has 1 aliphatic rings. The molecule has 0 saturated carbocycles. The van der Waals surface area contributed by atoms with Crippen LogP contribution in [0.15, 0.2) is 0 Å². The highest BCUT2D eigenvalue weighted by atomic mass is 16.1. The maximum atomic E-state index is 11.3. The van der Waals surface area contributed by atoms with Crippen molar-refractivity contribution in [2.75, 3.05) is 26.2 Å². The van der Waals surface area contributed by atoms with E-state index in [0.717, 1.165) is 19.0 Å². The Morgan fingerprint density at radius 3 is 2.53 bits per heavy atom. The van der Waals surface area contributed by atoms with Crippen molar-refractivity contribution < 1.29 is 4.79 Å². The molecule has 0 atom stereocenters. The summed E-state index contributed by atoms with van der Waals surface area (Å²) in [5.41, 5.74) is 0. The van der Waals surface area contributed by atoms with E-state index in [2.05, 4.69) is 17.1 Å². The molecule has 0 radical (unpaired) electrons. The molecular formula is C12H24N2O. The fraction of sp³-hybridized carbons (Fsp3) is 0.917. The first kappa shape index (κ1) is 12.5. The molecule has 0 spiro atoms. The smallest absolute Gasteiger partial charge is 0.222 e. The summed E-state index contributed by atoms with van der Waals surface area (Å²) >= 11 is 0. The van der Waals surface area contributed by atoms with Crippen molar-refractivity contribution in [1.29, 1.82) is 0 Å². The predicted octanol–water partition coefficient (Wildman–Crippen LogP) is 1.49. The molecule has 1 amide bonds. The van der Waals surface area contributed by atoms with Crippen LogP contribution in [0.4, 0.5) is 0 Å². The Morgan fingerprint density at radius 2 is 2.00 bits per heavy atom. The average Bonchev–Trinajstić information content (AvgIpc) is 2.20. The van der Waals surface area contributed by atoms with Gasteiger partial charge in [0, 0.05) is 19.0 Å². The number of rotatable bonds is 4. The van der Waals surface area contributed by atoms with E-state index >= 15 is 0 Å². The molecule has 88 valence electrons. The zero-order valence-corrected chi connectivity index (χ0v) is 10.3. The van der Waals surface area contributed by atoms with Gasteiger partial charge in [-0.2, -0.15) is 0 Å². The molecule has 15 heavy (non-hydrogen) atoms. The third-order valence-corrected chi connectivity index (χ3v) is 3.13. The van der Waals surface area contributed by atoms with Crippen molar-refractivity contribution in [3.63, 3.8) is 0 Å². The van der Waals surface area contributed by atoms with Gasteiger partial charge in [-0.15, -0.1) is 0 Å². The van der Waals surface area contributed by atoms with Crippen molar-refractivity contribution in [1.82, 2.24) is 10.2 Å². The van der Waals surface area contributed by atoms with Gasteiger partial charge in [0.2, 0.25) is 5.91 Å². The largest absolute Gasteiger partial charge is 0.355 e. The minimum absolute atomic E-state index is 0.103. The summed E-state index contributed by atoms with van der Waals surface area (Å²) in [6, 6.07) is 0. The lowest BCUT2D eigenvalue weighted by molar-refractivity contribution is -0.124. The molecule has 0 bridgehead atoms. The first-order chi connectivity index (χ1) is 7.09. The van der Waals surface area contributed by atoms with Gasteiger partial charge in [-0.1, -0.05) is 20.8 Å². The van der Waals surface area contributed by atoms with Crippen molar-refractivity contribution in [2.24, 2.45) is 11.8 Å². The summed E-state index contributed by atoms with van der Waals surface area (Å²) in [6.07, 6.45) is 2.61. The van der Waals surface area contributed by atoms with Gasteiger partial charge in [0.15, 0.2) is 0 Å². The summed E-state index contributed by atoms with van der Waals surface area (Å²) in [5.74, 6) is 1.15. The first-order valence-corrected chi connectivity index (χ1v) is 6.09. The molecule has 0 aliphatic carbocycles. The molecule has 3 nitrogen and oxygen atoms in total. The van der Waals surface area contributed by atoms with E-state index < -0.39 is 0 Å². The number of piperidine rings is 1. The van der Waals surface area contributed by atoms with Crippen molar-refractivity contribution in [3.8, 4) is 0 Å². The van der Waals surface area contributed by atoms with Crippen LogP contribution in [-0.4, -0.2) is 37.0 Å². The molecule has 1 fully saturated rings. The summed E-state index contributed by atoms with van der Waals surface area (Å²) in [7, 11) is 0. The number of carbonyl (C=O) groups excluding carboxylic acids is 1. The SMILES string of the molecule is CC1CCN(CCNC(=O)C(C)C)CC1. The second-order valence-electron chi connectivity index (χ2n) is 4.97.